The lowest BCUT2D eigenvalue weighted by Crippen LogP contribution is -2.32. The molecular formula is C21H27F4N5. The van der Waals surface area contributed by atoms with Crippen molar-refractivity contribution < 1.29 is 17.6 Å². The van der Waals surface area contributed by atoms with Gasteiger partial charge in [-0.2, -0.15) is 18.2 Å². The highest BCUT2D eigenvalue weighted by atomic mass is 19.4. The Bertz CT molecular complexity index is 856. The Morgan fingerprint density at radius 1 is 1.17 bits per heavy atom. The highest BCUT2D eigenvalue weighted by Gasteiger charge is 2.34. The van der Waals surface area contributed by atoms with E-state index in [-0.39, 0.29) is 11.6 Å². The van der Waals surface area contributed by atoms with Crippen molar-refractivity contribution in [2.24, 2.45) is 0 Å². The maximum absolute atomic E-state index is 13.6. The van der Waals surface area contributed by atoms with E-state index in [1.165, 1.54) is 6.07 Å². The van der Waals surface area contributed by atoms with E-state index in [0.29, 0.717) is 6.04 Å². The van der Waals surface area contributed by atoms with Crippen LogP contribution < -0.4 is 15.5 Å². The topological polar surface area (TPSA) is 53.1 Å². The molecule has 0 spiro atoms. The summed E-state index contributed by atoms with van der Waals surface area (Å²) < 4.78 is 52.7. The lowest BCUT2D eigenvalue weighted by molar-refractivity contribution is -0.139. The van der Waals surface area contributed by atoms with Crippen LogP contribution in [0.5, 0.6) is 0 Å². The molecule has 0 radical (unpaired) electrons. The smallest absolute Gasteiger partial charge is 0.355 e. The predicted molar refractivity (Wildman–Crippen MR) is 110 cm³/mol. The zero-order valence-corrected chi connectivity index (χ0v) is 17.2. The number of aromatic nitrogens is 2. The van der Waals surface area contributed by atoms with Crippen LogP contribution in [-0.4, -0.2) is 35.6 Å². The van der Waals surface area contributed by atoms with Gasteiger partial charge in [-0.1, -0.05) is 20.3 Å². The maximum atomic E-state index is 13.6. The molecule has 1 fully saturated rings. The first-order valence-electron chi connectivity index (χ1n) is 10.3. The van der Waals surface area contributed by atoms with Gasteiger partial charge >= 0.3 is 6.18 Å². The molecule has 9 heteroatoms. The van der Waals surface area contributed by atoms with Crippen molar-refractivity contribution in [3.63, 3.8) is 0 Å². The number of hydrogen-bond acceptors (Lipinski definition) is 5. The average molecular weight is 425 g/mol. The Morgan fingerprint density at radius 2 is 1.97 bits per heavy atom. The van der Waals surface area contributed by atoms with Crippen molar-refractivity contribution in [2.45, 2.75) is 51.7 Å². The first kappa shape index (κ1) is 22.3. The Kier molecular flexibility index (Phi) is 7.12. The van der Waals surface area contributed by atoms with Gasteiger partial charge in [0.05, 0.1) is 5.56 Å². The summed E-state index contributed by atoms with van der Waals surface area (Å²) in [5.74, 6) is -0.347. The molecule has 0 amide bonds. The lowest BCUT2D eigenvalue weighted by atomic mass is 10.2. The summed E-state index contributed by atoms with van der Waals surface area (Å²) in [4.78, 5) is 11.2. The summed E-state index contributed by atoms with van der Waals surface area (Å²) in [6, 6.07) is 5.12. The van der Waals surface area contributed by atoms with Crippen molar-refractivity contribution in [2.75, 3.05) is 29.9 Å². The van der Waals surface area contributed by atoms with E-state index in [1.54, 1.807) is 0 Å². The fourth-order valence-electron chi connectivity index (χ4n) is 3.56. The first-order chi connectivity index (χ1) is 14.3. The molecule has 1 aliphatic heterocycles. The van der Waals surface area contributed by atoms with Crippen molar-refractivity contribution in [1.29, 1.82) is 0 Å². The molecule has 5 nitrogen and oxygen atoms in total. The Balaban J connectivity index is 1.87. The molecule has 3 rings (SSSR count). The number of hydrogen-bond donors (Lipinski definition) is 2. The summed E-state index contributed by atoms with van der Waals surface area (Å²) in [5, 5.41) is 6.26. The number of anilines is 3. The van der Waals surface area contributed by atoms with Gasteiger partial charge in [-0.3, -0.25) is 0 Å². The van der Waals surface area contributed by atoms with Crippen molar-refractivity contribution in [1.82, 2.24) is 15.3 Å². The Morgan fingerprint density at radius 3 is 2.67 bits per heavy atom. The number of halogens is 4. The Hall–Kier alpha value is -2.42. The number of rotatable bonds is 8. The monoisotopic (exact) mass is 425 g/mol. The van der Waals surface area contributed by atoms with Crippen molar-refractivity contribution in [3.05, 3.63) is 41.3 Å². The molecule has 1 unspecified atom stereocenters. The third kappa shape index (κ3) is 5.59. The molecule has 2 aromatic rings. The second kappa shape index (κ2) is 9.59. The van der Waals surface area contributed by atoms with Crippen molar-refractivity contribution >= 4 is 17.5 Å². The second-order valence-corrected chi connectivity index (χ2v) is 7.45. The van der Waals surface area contributed by atoms with Crippen LogP contribution in [0.3, 0.4) is 0 Å². The fourth-order valence-corrected chi connectivity index (χ4v) is 3.56. The van der Waals surface area contributed by atoms with Crippen LogP contribution >= 0.6 is 0 Å². The van der Waals surface area contributed by atoms with E-state index >= 15 is 0 Å². The predicted octanol–water partition coefficient (Wildman–Crippen LogP) is 4.91. The normalized spacial score (nSPS) is 16.9. The van der Waals surface area contributed by atoms with E-state index in [1.807, 2.05) is 6.07 Å². The lowest BCUT2D eigenvalue weighted by Gasteiger charge is -2.20. The van der Waals surface area contributed by atoms with Crippen LogP contribution in [0, 0.1) is 5.82 Å². The minimum Gasteiger partial charge on any atom is -0.355 e. The van der Waals surface area contributed by atoms with E-state index in [9.17, 15) is 17.6 Å². The summed E-state index contributed by atoms with van der Waals surface area (Å²) in [6.07, 6.45) is -1.07. The number of nitrogens with one attached hydrogen (secondary N) is 2. The standard InChI is InChI=1S/C21H27F4N5/c1-3-5-6-14-12-19(30-10-9-16(13-30)26-4-2)29-20(27-14)28-15-7-8-18(22)17(11-15)21(23,24)25/h7-8,11-12,16,26H,3-6,9-10,13H2,1-2H3,(H,27,28,29). The number of nitrogens with zero attached hydrogens (tertiary/aromatic N) is 3. The highest BCUT2D eigenvalue weighted by molar-refractivity contribution is 5.57. The van der Waals surface area contributed by atoms with Gasteiger partial charge in [0.1, 0.15) is 11.6 Å². The van der Waals surface area contributed by atoms with Crippen LogP contribution in [0.4, 0.5) is 35.0 Å². The summed E-state index contributed by atoms with van der Waals surface area (Å²) in [5.41, 5.74) is -0.397. The van der Waals surface area contributed by atoms with E-state index in [0.717, 1.165) is 69.0 Å². The molecular weight excluding hydrogens is 398 g/mol. The molecule has 1 saturated heterocycles. The van der Waals surface area contributed by atoms with Gasteiger partial charge in [-0.05, 0) is 44.0 Å². The average Bonchev–Trinajstić information content (AvgIpc) is 3.16. The molecule has 1 aromatic heterocycles. The van der Waals surface area contributed by atoms with Gasteiger partial charge in [-0.25, -0.2) is 9.37 Å². The molecule has 0 saturated carbocycles. The summed E-state index contributed by atoms with van der Waals surface area (Å²) in [6.45, 7) is 6.70. The van der Waals surface area contributed by atoms with E-state index in [4.69, 9.17) is 0 Å². The number of aryl methyl sites for hydroxylation is 1. The third-order valence-corrected chi connectivity index (χ3v) is 5.09. The zero-order valence-electron chi connectivity index (χ0n) is 17.2. The SMILES string of the molecule is CCCCc1cc(N2CCC(NCC)C2)nc(Nc2ccc(F)c(C(F)(F)F)c2)n1. The molecule has 0 aliphatic carbocycles. The summed E-state index contributed by atoms with van der Waals surface area (Å²) >= 11 is 0. The zero-order chi connectivity index (χ0) is 21.7. The second-order valence-electron chi connectivity index (χ2n) is 7.45. The van der Waals surface area contributed by atoms with Crippen LogP contribution in [-0.2, 0) is 12.6 Å². The highest BCUT2D eigenvalue weighted by Crippen LogP contribution is 2.33. The van der Waals surface area contributed by atoms with Crippen LogP contribution in [0.1, 0.15) is 44.4 Å². The summed E-state index contributed by atoms with van der Waals surface area (Å²) in [7, 11) is 0. The maximum Gasteiger partial charge on any atom is 0.419 e. The molecule has 1 aliphatic rings. The van der Waals surface area contributed by atoms with Gasteiger partial charge in [0.2, 0.25) is 5.95 Å². The number of unbranched alkanes of at least 4 members (excludes halogenated alkanes) is 1. The molecule has 1 aromatic carbocycles. The number of likely N-dealkylation sites (N-methyl/N-ethyl adjacent to an activating group) is 1. The van der Waals surface area contributed by atoms with Gasteiger partial charge in [0, 0.05) is 36.6 Å². The Labute approximate surface area is 173 Å². The van der Waals surface area contributed by atoms with Crippen LogP contribution in [0.15, 0.2) is 24.3 Å². The largest absolute Gasteiger partial charge is 0.419 e. The molecule has 2 N–H and O–H groups in total. The third-order valence-electron chi connectivity index (χ3n) is 5.09. The minimum absolute atomic E-state index is 0.0919. The van der Waals surface area contributed by atoms with Crippen molar-refractivity contribution in [3.8, 4) is 0 Å². The fraction of sp³-hybridized carbons (Fsp3) is 0.524. The molecule has 2 heterocycles. The van der Waals surface area contributed by atoms with Gasteiger partial charge in [-0.15, -0.1) is 0 Å². The minimum atomic E-state index is -4.77. The number of alkyl halides is 3. The van der Waals surface area contributed by atoms with Gasteiger partial charge < -0.3 is 15.5 Å². The molecule has 164 valence electrons. The van der Waals surface area contributed by atoms with E-state index in [2.05, 4.69) is 39.3 Å². The quantitative estimate of drug-likeness (QED) is 0.589. The van der Waals surface area contributed by atoms with Gasteiger partial charge in [0.25, 0.3) is 0 Å². The van der Waals surface area contributed by atoms with Gasteiger partial charge in [0.15, 0.2) is 0 Å². The number of benzene rings is 1. The van der Waals surface area contributed by atoms with Crippen LogP contribution in [0.25, 0.3) is 0 Å². The molecule has 0 bridgehead atoms. The molecule has 1 atom stereocenters. The molecule has 30 heavy (non-hydrogen) atoms. The van der Waals surface area contributed by atoms with Crippen LogP contribution in [0.2, 0.25) is 0 Å². The van der Waals surface area contributed by atoms with E-state index < -0.39 is 17.6 Å². The first-order valence-corrected chi connectivity index (χ1v) is 10.3.